The van der Waals surface area contributed by atoms with Gasteiger partial charge in [-0.3, -0.25) is 4.79 Å². The normalized spacial score (nSPS) is 28.1. The molecule has 17 unspecified atom stereocenters. The summed E-state index contributed by atoms with van der Waals surface area (Å²) in [5.74, 6) is -0.271. The molecule has 3 saturated heterocycles. The minimum atomic E-state index is -1.98. The van der Waals surface area contributed by atoms with Crippen LogP contribution in [-0.2, 0) is 33.2 Å². The summed E-state index contributed by atoms with van der Waals surface area (Å²) in [5, 5.41) is 120. The minimum absolute atomic E-state index is 0.248. The highest BCUT2D eigenvalue weighted by molar-refractivity contribution is 5.76. The van der Waals surface area contributed by atoms with Crippen molar-refractivity contribution in [2.45, 2.75) is 394 Å². The second-order valence-electron chi connectivity index (χ2n) is 26.4. The van der Waals surface area contributed by atoms with Gasteiger partial charge in [0.25, 0.3) is 0 Å². The zero-order valence-electron chi connectivity index (χ0n) is 56.1. The van der Waals surface area contributed by atoms with Crippen LogP contribution in [0, 0.1) is 0 Å². The van der Waals surface area contributed by atoms with E-state index in [1.54, 1.807) is 6.08 Å². The fourth-order valence-corrected chi connectivity index (χ4v) is 12.5. The van der Waals surface area contributed by atoms with E-state index in [4.69, 9.17) is 28.4 Å². The molecule has 0 spiro atoms. The Morgan fingerprint density at radius 3 is 1.08 bits per heavy atom. The van der Waals surface area contributed by atoms with Crippen molar-refractivity contribution in [3.63, 3.8) is 0 Å². The van der Waals surface area contributed by atoms with Crippen molar-refractivity contribution in [3.8, 4) is 0 Å². The largest absolute Gasteiger partial charge is 0.394 e. The molecule has 3 aliphatic rings. The van der Waals surface area contributed by atoms with Crippen LogP contribution in [0.5, 0.6) is 0 Å². The molecule has 3 heterocycles. The van der Waals surface area contributed by atoms with Gasteiger partial charge in [-0.05, 0) is 44.9 Å². The van der Waals surface area contributed by atoms with Gasteiger partial charge in [-0.15, -0.1) is 0 Å². The first-order valence-corrected chi connectivity index (χ1v) is 36.6. The maximum absolute atomic E-state index is 13.4. The lowest BCUT2D eigenvalue weighted by atomic mass is 9.96. The van der Waals surface area contributed by atoms with Gasteiger partial charge in [0.15, 0.2) is 18.9 Å². The maximum Gasteiger partial charge on any atom is 0.220 e. The highest BCUT2D eigenvalue weighted by atomic mass is 16.8. The van der Waals surface area contributed by atoms with Gasteiger partial charge in [0.05, 0.1) is 38.6 Å². The standard InChI is InChI=1S/C71H133NO18/c1-3-5-7-9-11-13-15-17-18-19-20-21-22-23-24-25-26-27-28-29-30-31-32-33-34-35-36-37-39-41-43-45-47-49-59(77)72-54(55(76)48-46-44-42-40-38-16-14-12-10-8-6-4-2)53-85-69-65(83)62(80)67(57(51-74)87-69)90-71-66(84)63(81)68(58(52-75)88-71)89-70-64(82)61(79)60(78)56(50-73)86-70/h19-20,46,48,54-58,60-71,73-76,78-84H,3-18,21-45,47,49-53H2,1-2H3,(H,72,77)/b20-19-,48-46+. The van der Waals surface area contributed by atoms with Crippen molar-refractivity contribution >= 4 is 5.91 Å². The monoisotopic (exact) mass is 1290 g/mol. The minimum Gasteiger partial charge on any atom is -0.394 e. The van der Waals surface area contributed by atoms with Gasteiger partial charge in [0.2, 0.25) is 5.91 Å². The molecule has 19 heteroatoms. The number of carbonyl (C=O) groups excluding carboxylic acids is 1. The van der Waals surface area contributed by atoms with E-state index >= 15 is 0 Å². The SMILES string of the molecule is CCCCCCCCCC/C=C\CCCCCCCCCCCCCCCCCCCCCCCC(=O)NC(COC1OC(CO)C(OC2OC(CO)C(OC3OC(CO)C(O)C(O)C3O)C(O)C2O)C(O)C1O)C(O)/C=C/CCCCCCCCCCCC. The second kappa shape index (κ2) is 53.4. The molecule has 0 aromatic carbocycles. The van der Waals surface area contributed by atoms with Crippen molar-refractivity contribution in [3.05, 3.63) is 24.3 Å². The zero-order chi connectivity index (χ0) is 65.4. The molecule has 0 aromatic heterocycles. The molecule has 0 radical (unpaired) electrons. The van der Waals surface area contributed by atoms with E-state index in [-0.39, 0.29) is 18.9 Å². The first-order chi connectivity index (χ1) is 43.8. The van der Waals surface area contributed by atoms with Gasteiger partial charge in [-0.1, -0.05) is 263 Å². The van der Waals surface area contributed by atoms with Gasteiger partial charge in [0.1, 0.15) is 73.2 Å². The number of hydrogen-bond donors (Lipinski definition) is 12. The van der Waals surface area contributed by atoms with Crippen LogP contribution in [0.15, 0.2) is 24.3 Å². The highest BCUT2D eigenvalue weighted by Gasteiger charge is 2.53. The van der Waals surface area contributed by atoms with E-state index in [0.29, 0.717) is 6.42 Å². The van der Waals surface area contributed by atoms with Crippen molar-refractivity contribution in [2.75, 3.05) is 26.4 Å². The molecule has 0 aromatic rings. The van der Waals surface area contributed by atoms with Gasteiger partial charge in [-0.25, -0.2) is 0 Å². The highest BCUT2D eigenvalue weighted by Crippen LogP contribution is 2.33. The Balaban J connectivity index is 1.33. The molecule has 0 bridgehead atoms. The van der Waals surface area contributed by atoms with Crippen LogP contribution < -0.4 is 5.32 Å². The number of rotatable bonds is 57. The summed E-state index contributed by atoms with van der Waals surface area (Å²) in [5.41, 5.74) is 0. The summed E-state index contributed by atoms with van der Waals surface area (Å²) in [4.78, 5) is 13.4. The topological polar surface area (TPSA) is 307 Å². The zero-order valence-corrected chi connectivity index (χ0v) is 56.1. The van der Waals surface area contributed by atoms with E-state index < -0.39 is 124 Å². The first kappa shape index (κ1) is 82.5. The number of ether oxygens (including phenoxy) is 6. The third kappa shape index (κ3) is 34.8. The summed E-state index contributed by atoms with van der Waals surface area (Å²) < 4.78 is 34.3. The number of aliphatic hydroxyl groups excluding tert-OH is 11. The molecule has 0 saturated carbocycles. The quantitative estimate of drug-likeness (QED) is 0.0199. The Kier molecular flexibility index (Phi) is 49.0. The average Bonchev–Trinajstić information content (AvgIpc) is 0.864. The fraction of sp³-hybridized carbons (Fsp3) is 0.930. The van der Waals surface area contributed by atoms with E-state index in [0.717, 1.165) is 44.9 Å². The number of unbranched alkanes of at least 4 members (excludes halogenated alkanes) is 39. The Morgan fingerprint density at radius 2 is 0.700 bits per heavy atom. The van der Waals surface area contributed by atoms with Crippen molar-refractivity contribution in [2.24, 2.45) is 0 Å². The summed E-state index contributed by atoms with van der Waals surface area (Å²) in [6, 6.07) is -0.969. The average molecular weight is 1290 g/mol. The van der Waals surface area contributed by atoms with Gasteiger partial charge in [-0.2, -0.15) is 0 Å². The summed E-state index contributed by atoms with van der Waals surface area (Å²) >= 11 is 0. The molecule has 3 fully saturated rings. The number of aliphatic hydroxyl groups is 11. The lowest BCUT2D eigenvalue weighted by Crippen LogP contribution is -2.66. The molecular formula is C71H133NO18. The van der Waals surface area contributed by atoms with E-state index in [1.165, 1.54) is 218 Å². The number of nitrogens with one attached hydrogen (secondary N) is 1. The molecule has 0 aliphatic carbocycles. The van der Waals surface area contributed by atoms with Crippen LogP contribution in [0.4, 0.5) is 0 Å². The Bertz CT molecular complexity index is 1730. The molecule has 3 aliphatic heterocycles. The molecule has 3 rings (SSSR count). The lowest BCUT2D eigenvalue weighted by molar-refractivity contribution is -0.379. The van der Waals surface area contributed by atoms with E-state index in [2.05, 4.69) is 31.3 Å². The van der Waals surface area contributed by atoms with Crippen molar-refractivity contribution in [1.29, 1.82) is 0 Å². The van der Waals surface area contributed by atoms with Crippen molar-refractivity contribution < 1.29 is 89.4 Å². The lowest BCUT2D eigenvalue weighted by Gasteiger charge is -2.48. The number of allylic oxidation sites excluding steroid dienone is 3. The van der Waals surface area contributed by atoms with E-state index in [9.17, 15) is 61.0 Å². The summed E-state index contributed by atoms with van der Waals surface area (Å²) in [7, 11) is 0. The molecule has 530 valence electrons. The summed E-state index contributed by atoms with van der Waals surface area (Å²) in [6.45, 7) is 1.74. The van der Waals surface area contributed by atoms with Crippen LogP contribution in [0.25, 0.3) is 0 Å². The molecule has 1 amide bonds. The van der Waals surface area contributed by atoms with Gasteiger partial charge < -0.3 is 89.9 Å². The second-order valence-corrected chi connectivity index (χ2v) is 26.4. The molecule has 90 heavy (non-hydrogen) atoms. The smallest absolute Gasteiger partial charge is 0.220 e. The number of amides is 1. The van der Waals surface area contributed by atoms with Crippen LogP contribution >= 0.6 is 0 Å². The fourth-order valence-electron chi connectivity index (χ4n) is 12.5. The predicted molar refractivity (Wildman–Crippen MR) is 351 cm³/mol. The predicted octanol–water partition coefficient (Wildman–Crippen LogP) is 10.2. The van der Waals surface area contributed by atoms with Crippen LogP contribution in [0.1, 0.15) is 290 Å². The Labute approximate surface area is 543 Å². The van der Waals surface area contributed by atoms with Crippen molar-refractivity contribution in [1.82, 2.24) is 5.32 Å². The Hall–Kier alpha value is -1.73. The molecular weight excluding hydrogens is 1150 g/mol. The van der Waals surface area contributed by atoms with Crippen LogP contribution in [0.3, 0.4) is 0 Å². The first-order valence-electron chi connectivity index (χ1n) is 36.6. The number of carbonyl (C=O) groups is 1. The van der Waals surface area contributed by atoms with Crippen LogP contribution in [0.2, 0.25) is 0 Å². The maximum atomic E-state index is 13.4. The van der Waals surface area contributed by atoms with Crippen LogP contribution in [-0.4, -0.2) is 193 Å². The third-order valence-electron chi connectivity index (χ3n) is 18.5. The number of hydrogen-bond acceptors (Lipinski definition) is 18. The Morgan fingerprint density at radius 1 is 0.389 bits per heavy atom. The summed E-state index contributed by atoms with van der Waals surface area (Å²) in [6.07, 6.45) is 34.8. The van der Waals surface area contributed by atoms with E-state index in [1.807, 2.05) is 6.08 Å². The molecule has 17 atom stereocenters. The third-order valence-corrected chi connectivity index (χ3v) is 18.5. The molecule has 19 nitrogen and oxygen atoms in total. The molecule has 12 N–H and O–H groups in total. The van der Waals surface area contributed by atoms with Gasteiger partial charge >= 0.3 is 0 Å². The van der Waals surface area contributed by atoms with Gasteiger partial charge in [0, 0.05) is 6.42 Å².